The average molecular weight is 450 g/mol. The molecule has 0 saturated carbocycles. The Morgan fingerprint density at radius 1 is 1.18 bits per heavy atom. The maximum absolute atomic E-state index is 13.6. The Balaban J connectivity index is 1.40. The Labute approximate surface area is 192 Å². The van der Waals surface area contributed by atoms with Gasteiger partial charge in [0.2, 0.25) is 5.91 Å². The van der Waals surface area contributed by atoms with Crippen molar-refractivity contribution in [3.8, 4) is 17.3 Å². The molecule has 1 aliphatic rings. The van der Waals surface area contributed by atoms with Gasteiger partial charge in [0.15, 0.2) is 17.4 Å². The number of hydrogen-bond donors (Lipinski definition) is 1. The summed E-state index contributed by atoms with van der Waals surface area (Å²) < 4.78 is 19.1. The molecule has 0 radical (unpaired) electrons. The van der Waals surface area contributed by atoms with Crippen LogP contribution in [-0.4, -0.2) is 32.4 Å². The van der Waals surface area contributed by atoms with Crippen LogP contribution in [0.1, 0.15) is 56.1 Å². The van der Waals surface area contributed by atoms with E-state index in [0.717, 1.165) is 29.8 Å². The molecular weight excluding hydrogens is 421 g/mol. The van der Waals surface area contributed by atoms with Crippen LogP contribution in [0.5, 0.6) is 5.75 Å². The molecule has 3 aromatic rings. The van der Waals surface area contributed by atoms with E-state index in [1.54, 1.807) is 36.8 Å². The van der Waals surface area contributed by atoms with Gasteiger partial charge in [-0.3, -0.25) is 9.78 Å². The van der Waals surface area contributed by atoms with E-state index >= 15 is 0 Å². The van der Waals surface area contributed by atoms with Crippen molar-refractivity contribution in [1.82, 2.24) is 25.3 Å². The number of carbonyl (C=O) groups is 1. The van der Waals surface area contributed by atoms with Crippen molar-refractivity contribution < 1.29 is 13.9 Å². The van der Waals surface area contributed by atoms with Crippen LogP contribution in [0, 0.1) is 18.2 Å². The number of carbonyl (C=O) groups excluding carboxylic acids is 1. The number of para-hydroxylation sites is 1. The summed E-state index contributed by atoms with van der Waals surface area (Å²) in [5, 5.41) is 3.13. The molecule has 2 aromatic heterocycles. The van der Waals surface area contributed by atoms with Gasteiger partial charge in [-0.15, -0.1) is 0 Å². The first kappa shape index (κ1) is 22.8. The lowest BCUT2D eigenvalue weighted by Crippen LogP contribution is -2.37. The third-order valence-corrected chi connectivity index (χ3v) is 5.67. The van der Waals surface area contributed by atoms with Crippen molar-refractivity contribution in [2.75, 3.05) is 6.61 Å². The topological polar surface area (TPSA) is 89.9 Å². The first-order valence-electron chi connectivity index (χ1n) is 11.1. The minimum Gasteiger partial charge on any atom is -0.491 e. The van der Waals surface area contributed by atoms with E-state index in [1.807, 2.05) is 6.92 Å². The van der Waals surface area contributed by atoms with Crippen LogP contribution < -0.4 is 10.1 Å². The number of nitrogens with zero attached hydrogens (tertiary/aromatic N) is 4. The van der Waals surface area contributed by atoms with Crippen molar-refractivity contribution in [1.29, 1.82) is 0 Å². The van der Waals surface area contributed by atoms with Crippen LogP contribution in [-0.2, 0) is 11.2 Å². The van der Waals surface area contributed by atoms with Gasteiger partial charge in [0, 0.05) is 24.4 Å². The second-order valence-electron chi connectivity index (χ2n) is 9.19. The molecule has 8 heteroatoms. The van der Waals surface area contributed by atoms with E-state index in [4.69, 9.17) is 9.72 Å². The largest absolute Gasteiger partial charge is 0.491 e. The molecule has 4 rings (SSSR count). The van der Waals surface area contributed by atoms with Gasteiger partial charge < -0.3 is 10.1 Å². The molecule has 0 bridgehead atoms. The summed E-state index contributed by atoms with van der Waals surface area (Å²) in [5.74, 6) is 0.259. The summed E-state index contributed by atoms with van der Waals surface area (Å²) in [6, 6.07) is 6.09. The first-order chi connectivity index (χ1) is 15.8. The summed E-state index contributed by atoms with van der Waals surface area (Å²) >= 11 is 0. The fourth-order valence-electron chi connectivity index (χ4n) is 4.05. The SMILES string of the molecule is Cc1cnc(-c2ncc3c(n2)CC(C)(C)C[C@H]3NC(=O)CCCOc2ccccc2F)cn1. The number of hydrogen-bond acceptors (Lipinski definition) is 6. The van der Waals surface area contributed by atoms with E-state index in [2.05, 4.69) is 34.1 Å². The van der Waals surface area contributed by atoms with Crippen LogP contribution in [0.15, 0.2) is 42.9 Å². The number of rotatable bonds is 7. The molecule has 1 atom stereocenters. The lowest BCUT2D eigenvalue weighted by atomic mass is 9.74. The van der Waals surface area contributed by atoms with Crippen LogP contribution in [0.2, 0.25) is 0 Å². The van der Waals surface area contributed by atoms with Crippen LogP contribution in [0.4, 0.5) is 4.39 Å². The van der Waals surface area contributed by atoms with Gasteiger partial charge in [0.05, 0.1) is 30.2 Å². The molecule has 0 saturated heterocycles. The van der Waals surface area contributed by atoms with E-state index < -0.39 is 5.82 Å². The van der Waals surface area contributed by atoms with Crippen LogP contribution >= 0.6 is 0 Å². The fraction of sp³-hybridized carbons (Fsp3) is 0.400. The van der Waals surface area contributed by atoms with Gasteiger partial charge in [0.25, 0.3) is 0 Å². The highest BCUT2D eigenvalue weighted by molar-refractivity contribution is 5.76. The first-order valence-corrected chi connectivity index (χ1v) is 11.1. The second kappa shape index (κ2) is 9.60. The number of ether oxygens (including phenoxy) is 1. The summed E-state index contributed by atoms with van der Waals surface area (Å²) in [5.41, 5.74) is 3.30. The number of benzene rings is 1. The molecule has 0 fully saturated rings. The van der Waals surface area contributed by atoms with Crippen molar-refractivity contribution in [3.05, 3.63) is 65.6 Å². The lowest BCUT2D eigenvalue weighted by molar-refractivity contribution is -0.122. The molecule has 1 amide bonds. The van der Waals surface area contributed by atoms with Gasteiger partial charge in [-0.2, -0.15) is 0 Å². The van der Waals surface area contributed by atoms with Gasteiger partial charge in [-0.1, -0.05) is 26.0 Å². The lowest BCUT2D eigenvalue weighted by Gasteiger charge is -2.36. The van der Waals surface area contributed by atoms with E-state index in [9.17, 15) is 9.18 Å². The van der Waals surface area contributed by atoms with Crippen molar-refractivity contribution in [2.45, 2.75) is 52.5 Å². The number of halogens is 1. The van der Waals surface area contributed by atoms with Gasteiger partial charge in [-0.05, 0) is 43.7 Å². The summed E-state index contributed by atoms with van der Waals surface area (Å²) in [6.45, 7) is 6.49. The second-order valence-corrected chi connectivity index (χ2v) is 9.19. The molecule has 7 nitrogen and oxygen atoms in total. The van der Waals surface area contributed by atoms with E-state index in [-0.39, 0.29) is 29.7 Å². The molecular formula is C25H28FN5O2. The standard InChI is InChI=1S/C25H28FN5O2/c1-16-13-28-21(15-27-16)24-29-14-17-19(11-25(2,3)12-20(17)31-24)30-23(32)9-6-10-33-22-8-5-4-7-18(22)26/h4-5,7-8,13-15,19H,6,9-12H2,1-3H3,(H,30,32)/t19-/m1/s1. The maximum Gasteiger partial charge on any atom is 0.220 e. The molecule has 2 heterocycles. The third-order valence-electron chi connectivity index (χ3n) is 5.67. The summed E-state index contributed by atoms with van der Waals surface area (Å²) in [6.07, 6.45) is 7.53. The van der Waals surface area contributed by atoms with Gasteiger partial charge >= 0.3 is 0 Å². The Bertz CT molecular complexity index is 1130. The Kier molecular flexibility index (Phi) is 6.62. The highest BCUT2D eigenvalue weighted by Crippen LogP contribution is 2.40. The number of amides is 1. The van der Waals surface area contributed by atoms with E-state index in [1.165, 1.54) is 6.07 Å². The van der Waals surface area contributed by atoms with Gasteiger partial charge in [-0.25, -0.2) is 19.3 Å². The predicted molar refractivity (Wildman–Crippen MR) is 122 cm³/mol. The zero-order valence-corrected chi connectivity index (χ0v) is 19.1. The molecule has 1 N–H and O–H groups in total. The molecule has 172 valence electrons. The summed E-state index contributed by atoms with van der Waals surface area (Å²) in [4.78, 5) is 30.5. The van der Waals surface area contributed by atoms with Crippen molar-refractivity contribution in [3.63, 3.8) is 0 Å². The third kappa shape index (κ3) is 5.69. The Morgan fingerprint density at radius 3 is 2.76 bits per heavy atom. The minimum absolute atomic E-state index is 0.0243. The highest BCUT2D eigenvalue weighted by Gasteiger charge is 2.34. The molecule has 0 aliphatic heterocycles. The number of aromatic nitrogens is 4. The van der Waals surface area contributed by atoms with Crippen LogP contribution in [0.25, 0.3) is 11.5 Å². The maximum atomic E-state index is 13.6. The Hall–Kier alpha value is -3.42. The van der Waals surface area contributed by atoms with Crippen molar-refractivity contribution >= 4 is 5.91 Å². The number of aryl methyl sites for hydroxylation is 1. The minimum atomic E-state index is -0.404. The number of fused-ring (bicyclic) bond motifs is 1. The van der Waals surface area contributed by atoms with Crippen LogP contribution in [0.3, 0.4) is 0 Å². The molecule has 1 aromatic carbocycles. The molecule has 0 unspecified atom stereocenters. The highest BCUT2D eigenvalue weighted by atomic mass is 19.1. The molecule has 0 spiro atoms. The monoisotopic (exact) mass is 449 g/mol. The predicted octanol–water partition coefficient (Wildman–Crippen LogP) is 4.37. The zero-order valence-electron chi connectivity index (χ0n) is 19.1. The fourth-order valence-corrected chi connectivity index (χ4v) is 4.05. The van der Waals surface area contributed by atoms with Gasteiger partial charge in [0.1, 0.15) is 5.69 Å². The van der Waals surface area contributed by atoms with E-state index in [0.29, 0.717) is 24.4 Å². The average Bonchev–Trinajstić information content (AvgIpc) is 2.77. The number of nitrogens with one attached hydrogen (secondary N) is 1. The smallest absolute Gasteiger partial charge is 0.220 e. The van der Waals surface area contributed by atoms with Crippen molar-refractivity contribution in [2.24, 2.45) is 5.41 Å². The molecule has 33 heavy (non-hydrogen) atoms. The quantitative estimate of drug-likeness (QED) is 0.539. The normalized spacial score (nSPS) is 16.7. The molecule has 1 aliphatic carbocycles. The summed E-state index contributed by atoms with van der Waals surface area (Å²) in [7, 11) is 0. The zero-order chi connectivity index (χ0) is 23.4. The Morgan fingerprint density at radius 2 is 2.00 bits per heavy atom.